The molecule has 0 aliphatic heterocycles. The van der Waals surface area contributed by atoms with Crippen molar-refractivity contribution in [3.63, 3.8) is 0 Å². The van der Waals surface area contributed by atoms with Crippen LogP contribution in [-0.4, -0.2) is 10.2 Å². The molecule has 0 spiro atoms. The normalized spacial score (nSPS) is 13.2. The minimum atomic E-state index is 0.523. The molecular weight excluding hydrogens is 230 g/mol. The molecule has 2 heterocycles. The van der Waals surface area contributed by atoms with Crippen LogP contribution in [0.5, 0.6) is 0 Å². The van der Waals surface area contributed by atoms with E-state index >= 15 is 0 Å². The van der Waals surface area contributed by atoms with Crippen molar-refractivity contribution in [1.82, 2.24) is 10.2 Å². The second-order valence-corrected chi connectivity index (χ2v) is 5.43. The fourth-order valence-electron chi connectivity index (χ4n) is 2.10. The molecule has 0 aliphatic rings. The fourth-order valence-corrected chi connectivity index (χ4v) is 3.06. The molecule has 0 aromatic carbocycles. The van der Waals surface area contributed by atoms with E-state index in [1.165, 1.54) is 11.4 Å². The van der Waals surface area contributed by atoms with Crippen molar-refractivity contribution in [2.24, 2.45) is 0 Å². The van der Waals surface area contributed by atoms with Gasteiger partial charge in [0.05, 0.1) is 11.3 Å². The molecule has 92 valence electrons. The predicted octanol–water partition coefficient (Wildman–Crippen LogP) is 3.08. The third kappa shape index (κ3) is 2.75. The van der Waals surface area contributed by atoms with Gasteiger partial charge in [0.2, 0.25) is 5.51 Å². The number of rotatable bonds is 5. The average molecular weight is 250 g/mol. The van der Waals surface area contributed by atoms with Crippen LogP contribution in [-0.2, 0) is 6.54 Å². The van der Waals surface area contributed by atoms with Crippen LogP contribution in [0.1, 0.15) is 50.4 Å². The predicted molar refractivity (Wildman–Crippen MR) is 70.2 cm³/mol. The first-order valence-corrected chi connectivity index (χ1v) is 7.11. The second-order valence-electron chi connectivity index (χ2n) is 4.71. The van der Waals surface area contributed by atoms with E-state index in [4.69, 9.17) is 0 Å². The summed E-state index contributed by atoms with van der Waals surface area (Å²) >= 11 is 1.78. The lowest BCUT2D eigenvalue weighted by atomic mass is 10.0. The lowest BCUT2D eigenvalue weighted by Gasteiger charge is -2.10. The Kier molecular flexibility index (Phi) is 3.94. The molecule has 1 N–H and O–H groups in total. The Morgan fingerprint density at radius 3 is 2.88 bits per heavy atom. The number of hydrogen-bond acceptors (Lipinski definition) is 2. The maximum atomic E-state index is 4.05. The molecule has 0 radical (unpaired) electrons. The minimum absolute atomic E-state index is 0.523. The first kappa shape index (κ1) is 12.3. The molecule has 2 aromatic heterocycles. The van der Waals surface area contributed by atoms with E-state index in [-0.39, 0.29) is 0 Å². The Morgan fingerprint density at radius 2 is 2.29 bits per heavy atom. The third-order valence-corrected chi connectivity index (χ3v) is 3.93. The fraction of sp³-hybridized carbons (Fsp3) is 0.538. The quantitative estimate of drug-likeness (QED) is 0.813. The van der Waals surface area contributed by atoms with Crippen LogP contribution in [0.4, 0.5) is 0 Å². The van der Waals surface area contributed by atoms with Crippen LogP contribution in [0.15, 0.2) is 23.2 Å². The second kappa shape index (κ2) is 5.45. The molecular formula is C13H20N3S+. The lowest BCUT2D eigenvalue weighted by molar-refractivity contribution is -0.703. The minimum Gasteiger partial charge on any atom is -0.282 e. The Balaban J connectivity index is 2.16. The van der Waals surface area contributed by atoms with Crippen LogP contribution in [0.3, 0.4) is 0 Å². The number of thiazole rings is 1. The Morgan fingerprint density at radius 1 is 1.47 bits per heavy atom. The summed E-state index contributed by atoms with van der Waals surface area (Å²) in [6.07, 6.45) is 2.96. The monoisotopic (exact) mass is 250 g/mol. The molecule has 4 heteroatoms. The van der Waals surface area contributed by atoms with Crippen molar-refractivity contribution < 1.29 is 4.57 Å². The van der Waals surface area contributed by atoms with E-state index in [2.05, 4.69) is 52.5 Å². The van der Waals surface area contributed by atoms with Gasteiger partial charge < -0.3 is 0 Å². The van der Waals surface area contributed by atoms with E-state index in [9.17, 15) is 0 Å². The van der Waals surface area contributed by atoms with Crippen LogP contribution in [0.25, 0.3) is 0 Å². The first-order chi connectivity index (χ1) is 8.22. The molecule has 0 fully saturated rings. The molecule has 3 nitrogen and oxygen atoms in total. The number of nitrogens with one attached hydrogen (secondary N) is 1. The van der Waals surface area contributed by atoms with Gasteiger partial charge in [-0.2, -0.15) is 9.67 Å². The maximum Gasteiger partial charge on any atom is 0.224 e. The van der Waals surface area contributed by atoms with Gasteiger partial charge in [0, 0.05) is 17.8 Å². The summed E-state index contributed by atoms with van der Waals surface area (Å²) in [5.74, 6) is 1.11. The van der Waals surface area contributed by atoms with E-state index in [1.54, 1.807) is 11.3 Å². The zero-order valence-corrected chi connectivity index (χ0v) is 11.5. The van der Waals surface area contributed by atoms with Crippen LogP contribution in [0, 0.1) is 0 Å². The molecule has 1 unspecified atom stereocenters. The van der Waals surface area contributed by atoms with Crippen molar-refractivity contribution >= 4 is 11.3 Å². The van der Waals surface area contributed by atoms with Crippen molar-refractivity contribution in [2.75, 3.05) is 0 Å². The Bertz CT molecular complexity index is 445. The van der Waals surface area contributed by atoms with Gasteiger partial charge in [0.1, 0.15) is 0 Å². The summed E-state index contributed by atoms with van der Waals surface area (Å²) in [6, 6.07) is 2.08. The topological polar surface area (TPSA) is 32.6 Å². The summed E-state index contributed by atoms with van der Waals surface area (Å²) in [6.45, 7) is 7.76. The van der Waals surface area contributed by atoms with E-state index in [1.807, 2.05) is 6.20 Å². The number of H-pyrrole nitrogens is 1. The van der Waals surface area contributed by atoms with Crippen molar-refractivity contribution in [3.8, 4) is 0 Å². The molecule has 2 aromatic rings. The highest BCUT2D eigenvalue weighted by Crippen LogP contribution is 2.19. The molecule has 0 amide bonds. The molecule has 0 aliphatic carbocycles. The van der Waals surface area contributed by atoms with Gasteiger partial charge in [0.25, 0.3) is 0 Å². The summed E-state index contributed by atoms with van der Waals surface area (Å²) in [5, 5.41) is 9.39. The number of nitrogens with zero attached hydrogens (tertiary/aromatic N) is 2. The third-order valence-electron chi connectivity index (χ3n) is 3.17. The van der Waals surface area contributed by atoms with Crippen molar-refractivity contribution in [3.05, 3.63) is 34.5 Å². The van der Waals surface area contributed by atoms with Gasteiger partial charge in [-0.1, -0.05) is 32.1 Å². The van der Waals surface area contributed by atoms with Gasteiger partial charge in [-0.3, -0.25) is 5.10 Å². The zero-order chi connectivity index (χ0) is 12.3. The first-order valence-electron chi connectivity index (χ1n) is 6.17. The van der Waals surface area contributed by atoms with E-state index in [0.717, 1.165) is 13.0 Å². The Labute approximate surface area is 107 Å². The molecule has 0 saturated heterocycles. The van der Waals surface area contributed by atoms with Gasteiger partial charge in [-0.05, 0) is 12.5 Å². The van der Waals surface area contributed by atoms with Gasteiger partial charge in [-0.25, -0.2) is 0 Å². The Hall–Kier alpha value is -1.16. The summed E-state index contributed by atoms with van der Waals surface area (Å²) in [4.78, 5) is 0. The van der Waals surface area contributed by atoms with Crippen LogP contribution in [0.2, 0.25) is 0 Å². The SMILES string of the molecule is CCC(C[n+]1cscc1C(C)C)c1ccn[nH]1. The van der Waals surface area contributed by atoms with E-state index < -0.39 is 0 Å². The average Bonchev–Trinajstić information content (AvgIpc) is 2.96. The standard InChI is InChI=1S/C13H20N3S/c1-4-11(12-5-6-14-15-12)7-16-9-17-8-13(16)10(2)3/h5-6,8-11H,4,7H2,1-3H3,(H,14,15)/q+1. The highest BCUT2D eigenvalue weighted by Gasteiger charge is 2.21. The molecule has 1 atom stereocenters. The highest BCUT2D eigenvalue weighted by atomic mass is 32.1. The van der Waals surface area contributed by atoms with Crippen LogP contribution < -0.4 is 4.57 Å². The van der Waals surface area contributed by atoms with Gasteiger partial charge in [-0.15, -0.1) is 0 Å². The van der Waals surface area contributed by atoms with E-state index in [0.29, 0.717) is 11.8 Å². The smallest absolute Gasteiger partial charge is 0.224 e. The lowest BCUT2D eigenvalue weighted by Crippen LogP contribution is -2.38. The summed E-state index contributed by atoms with van der Waals surface area (Å²) < 4.78 is 2.38. The molecule has 17 heavy (non-hydrogen) atoms. The van der Waals surface area contributed by atoms with Gasteiger partial charge in [0.15, 0.2) is 12.2 Å². The summed E-state index contributed by atoms with van der Waals surface area (Å²) in [7, 11) is 0. The number of aromatic amines is 1. The molecule has 0 saturated carbocycles. The van der Waals surface area contributed by atoms with Crippen LogP contribution >= 0.6 is 11.3 Å². The van der Waals surface area contributed by atoms with Crippen molar-refractivity contribution in [1.29, 1.82) is 0 Å². The summed E-state index contributed by atoms with van der Waals surface area (Å²) in [5.41, 5.74) is 4.88. The number of hydrogen-bond donors (Lipinski definition) is 1. The largest absolute Gasteiger partial charge is 0.282 e. The zero-order valence-electron chi connectivity index (χ0n) is 10.7. The molecule has 0 bridgehead atoms. The molecule has 2 rings (SSSR count). The maximum absolute atomic E-state index is 4.05. The van der Waals surface area contributed by atoms with Crippen molar-refractivity contribution in [2.45, 2.75) is 45.6 Å². The number of aromatic nitrogens is 3. The van der Waals surface area contributed by atoms with Gasteiger partial charge >= 0.3 is 0 Å². The highest BCUT2D eigenvalue weighted by molar-refractivity contribution is 7.07.